The van der Waals surface area contributed by atoms with Crippen molar-refractivity contribution >= 4 is 28.8 Å². The summed E-state index contributed by atoms with van der Waals surface area (Å²) in [5.74, 6) is 0. The Morgan fingerprint density at radius 3 is 2.18 bits per heavy atom. The first-order valence-electron chi connectivity index (χ1n) is 8.00. The highest BCUT2D eigenvalue weighted by molar-refractivity contribution is 6.33. The van der Waals surface area contributed by atoms with Crippen molar-refractivity contribution < 1.29 is 13.2 Å². The van der Waals surface area contributed by atoms with E-state index < -0.39 is 17.4 Å². The van der Waals surface area contributed by atoms with E-state index in [9.17, 15) is 18.0 Å². The molecule has 1 N–H and O–H groups in total. The molecule has 0 aliphatic heterocycles. The molecule has 0 radical (unpaired) electrons. The number of aromatic amines is 1. The van der Waals surface area contributed by atoms with Gasteiger partial charge in [-0.3, -0.25) is 4.79 Å². The average molecular weight is 424 g/mol. The van der Waals surface area contributed by atoms with Crippen molar-refractivity contribution in [2.45, 2.75) is 6.18 Å². The molecule has 2 aromatic heterocycles. The molecular weight excluding hydrogens is 414 g/mol. The van der Waals surface area contributed by atoms with Crippen molar-refractivity contribution in [3.63, 3.8) is 0 Å². The zero-order valence-corrected chi connectivity index (χ0v) is 15.4. The quantitative estimate of drug-likeness (QED) is 0.450. The second-order valence-electron chi connectivity index (χ2n) is 5.97. The van der Waals surface area contributed by atoms with Gasteiger partial charge in [-0.05, 0) is 23.3 Å². The Kier molecular flexibility index (Phi) is 4.44. The van der Waals surface area contributed by atoms with Crippen molar-refractivity contribution in [3.8, 4) is 22.4 Å². The van der Waals surface area contributed by atoms with E-state index in [0.717, 1.165) is 0 Å². The van der Waals surface area contributed by atoms with Gasteiger partial charge < -0.3 is 4.98 Å². The molecule has 2 heterocycles. The van der Waals surface area contributed by atoms with Gasteiger partial charge in [-0.15, -0.1) is 0 Å². The first-order valence-corrected chi connectivity index (χ1v) is 8.76. The average Bonchev–Trinajstić information content (AvgIpc) is 3.06. The van der Waals surface area contributed by atoms with E-state index in [-0.39, 0.29) is 27.5 Å². The number of hydrogen-bond donors (Lipinski definition) is 1. The van der Waals surface area contributed by atoms with E-state index in [0.29, 0.717) is 15.1 Å². The maximum atomic E-state index is 13.7. The number of fused-ring (bicyclic) bond motifs is 1. The van der Waals surface area contributed by atoms with Gasteiger partial charge in [0.1, 0.15) is 10.7 Å². The lowest BCUT2D eigenvalue weighted by atomic mass is 10.1. The van der Waals surface area contributed by atoms with E-state index in [1.807, 2.05) is 0 Å². The Hall–Kier alpha value is -2.77. The Morgan fingerprint density at radius 2 is 1.57 bits per heavy atom. The number of halogens is 5. The fourth-order valence-electron chi connectivity index (χ4n) is 2.95. The minimum absolute atomic E-state index is 0.108. The summed E-state index contributed by atoms with van der Waals surface area (Å²) in [6.45, 7) is 0. The van der Waals surface area contributed by atoms with Crippen molar-refractivity contribution in [1.82, 2.24) is 14.6 Å². The smallest absolute Gasteiger partial charge is 0.338 e. The summed E-state index contributed by atoms with van der Waals surface area (Å²) >= 11 is 12.0. The van der Waals surface area contributed by atoms with E-state index in [2.05, 4.69) is 10.1 Å². The highest BCUT2D eigenvalue weighted by Gasteiger charge is 2.39. The van der Waals surface area contributed by atoms with Crippen LogP contribution in [0.1, 0.15) is 5.69 Å². The normalized spacial score (nSPS) is 11.9. The van der Waals surface area contributed by atoms with Gasteiger partial charge in [-0.1, -0.05) is 65.7 Å². The number of H-pyrrole nitrogens is 1. The number of hydrogen-bond acceptors (Lipinski definition) is 2. The molecule has 0 aliphatic carbocycles. The van der Waals surface area contributed by atoms with Crippen LogP contribution >= 0.6 is 23.2 Å². The van der Waals surface area contributed by atoms with Crippen LogP contribution < -0.4 is 5.56 Å². The van der Waals surface area contributed by atoms with Crippen LogP contribution in [-0.4, -0.2) is 14.6 Å². The zero-order chi connectivity index (χ0) is 20.1. The molecule has 0 fully saturated rings. The highest BCUT2D eigenvalue weighted by Crippen LogP contribution is 2.39. The second kappa shape index (κ2) is 6.68. The van der Waals surface area contributed by atoms with E-state index in [4.69, 9.17) is 23.2 Å². The maximum Gasteiger partial charge on any atom is 0.435 e. The van der Waals surface area contributed by atoms with Crippen LogP contribution in [-0.2, 0) is 6.18 Å². The fourth-order valence-corrected chi connectivity index (χ4v) is 3.31. The fraction of sp³-hybridized carbons (Fsp3) is 0.0526. The Labute approximate surface area is 166 Å². The molecular formula is C19H10Cl2F3N3O. The lowest BCUT2D eigenvalue weighted by molar-refractivity contribution is -0.140. The van der Waals surface area contributed by atoms with Gasteiger partial charge >= 0.3 is 6.18 Å². The van der Waals surface area contributed by atoms with E-state index >= 15 is 0 Å². The molecule has 2 aromatic carbocycles. The lowest BCUT2D eigenvalue weighted by Crippen LogP contribution is -2.17. The summed E-state index contributed by atoms with van der Waals surface area (Å²) in [7, 11) is 0. The summed E-state index contributed by atoms with van der Waals surface area (Å²) < 4.78 is 41.6. The topological polar surface area (TPSA) is 50.2 Å². The highest BCUT2D eigenvalue weighted by atomic mass is 35.5. The van der Waals surface area contributed by atoms with Gasteiger partial charge in [-0.2, -0.15) is 22.8 Å². The molecule has 0 spiro atoms. The molecule has 0 amide bonds. The molecule has 4 aromatic rings. The summed E-state index contributed by atoms with van der Waals surface area (Å²) in [6.07, 6.45) is -4.78. The van der Waals surface area contributed by atoms with Crippen molar-refractivity contribution in [3.05, 3.63) is 80.7 Å². The number of nitrogens with one attached hydrogen (secondary N) is 1. The van der Waals surface area contributed by atoms with Gasteiger partial charge in [-0.25, -0.2) is 0 Å². The summed E-state index contributed by atoms with van der Waals surface area (Å²) in [4.78, 5) is 15.5. The van der Waals surface area contributed by atoms with Crippen LogP contribution in [0.2, 0.25) is 10.0 Å². The van der Waals surface area contributed by atoms with Crippen LogP contribution in [0.15, 0.2) is 59.4 Å². The molecule has 0 bridgehead atoms. The number of aromatic nitrogens is 3. The number of nitrogens with zero attached hydrogens (tertiary/aromatic N) is 2. The molecule has 9 heteroatoms. The predicted octanol–water partition coefficient (Wildman–Crippen LogP) is 5.68. The maximum absolute atomic E-state index is 13.7. The molecule has 0 atom stereocenters. The molecule has 0 unspecified atom stereocenters. The predicted molar refractivity (Wildman–Crippen MR) is 102 cm³/mol. The van der Waals surface area contributed by atoms with E-state index in [1.54, 1.807) is 30.3 Å². The van der Waals surface area contributed by atoms with Gasteiger partial charge in [0.15, 0.2) is 5.69 Å². The van der Waals surface area contributed by atoms with Crippen molar-refractivity contribution in [2.75, 3.05) is 0 Å². The Morgan fingerprint density at radius 1 is 0.929 bits per heavy atom. The van der Waals surface area contributed by atoms with E-state index in [1.165, 1.54) is 24.3 Å². The van der Waals surface area contributed by atoms with Gasteiger partial charge in [0.2, 0.25) is 0 Å². The van der Waals surface area contributed by atoms with Crippen molar-refractivity contribution in [2.24, 2.45) is 0 Å². The number of alkyl halides is 3. The molecule has 28 heavy (non-hydrogen) atoms. The molecule has 0 saturated carbocycles. The Balaban J connectivity index is 2.12. The SMILES string of the molecule is O=c1c(Cl)c(-c2ccccc2)[nH]c2c(-c3ccc(Cl)cc3)c(C(F)(F)F)nn12. The minimum Gasteiger partial charge on any atom is -0.338 e. The summed E-state index contributed by atoms with van der Waals surface area (Å²) in [5, 5.41) is 3.63. The first-order chi connectivity index (χ1) is 13.3. The first kappa shape index (κ1) is 18.6. The number of benzene rings is 2. The lowest BCUT2D eigenvalue weighted by Gasteiger charge is -2.08. The van der Waals surface area contributed by atoms with Crippen LogP contribution in [0.4, 0.5) is 13.2 Å². The van der Waals surface area contributed by atoms with Crippen molar-refractivity contribution in [1.29, 1.82) is 0 Å². The molecule has 0 saturated heterocycles. The van der Waals surface area contributed by atoms with Crippen LogP contribution in [0.25, 0.3) is 28.0 Å². The standard InChI is InChI=1S/C19H10Cl2F3N3O/c20-12-8-6-10(7-9-12)13-16(19(22,23)24)26-27-17(13)25-15(14(21)18(27)28)11-4-2-1-3-5-11/h1-9,25H. The molecule has 142 valence electrons. The van der Waals surface area contributed by atoms with Gasteiger partial charge in [0.05, 0.1) is 11.3 Å². The largest absolute Gasteiger partial charge is 0.435 e. The summed E-state index contributed by atoms with van der Waals surface area (Å²) in [5.41, 5.74) is -1.42. The zero-order valence-electron chi connectivity index (χ0n) is 13.9. The monoisotopic (exact) mass is 423 g/mol. The molecule has 0 aliphatic rings. The Bertz CT molecular complexity index is 1230. The number of rotatable bonds is 2. The molecule has 4 rings (SSSR count). The van der Waals surface area contributed by atoms with Gasteiger partial charge in [0.25, 0.3) is 5.56 Å². The second-order valence-corrected chi connectivity index (χ2v) is 6.79. The van der Waals surface area contributed by atoms with Crippen LogP contribution in [0, 0.1) is 0 Å². The van der Waals surface area contributed by atoms with Gasteiger partial charge in [0, 0.05) is 5.02 Å². The van der Waals surface area contributed by atoms with Crippen LogP contribution in [0.3, 0.4) is 0 Å². The van der Waals surface area contributed by atoms with Crippen LogP contribution in [0.5, 0.6) is 0 Å². The molecule has 4 nitrogen and oxygen atoms in total. The third-order valence-corrected chi connectivity index (χ3v) is 4.79. The third kappa shape index (κ3) is 3.06. The summed E-state index contributed by atoms with van der Waals surface area (Å²) in [6, 6.07) is 14.4. The minimum atomic E-state index is -4.78. The third-order valence-electron chi connectivity index (χ3n) is 4.19.